The zero-order chi connectivity index (χ0) is 18.8. The average Bonchev–Trinajstić information content (AvgIpc) is 3.12. The topological polar surface area (TPSA) is 60.7 Å². The molecule has 4 aromatic rings. The number of halogens is 1. The summed E-state index contributed by atoms with van der Waals surface area (Å²) in [5.41, 5.74) is 3.52. The van der Waals surface area contributed by atoms with Crippen LogP contribution in [0.4, 0.5) is 0 Å². The molecular formula is C20H15BrN4OS. The number of hydrogen-bond donors (Lipinski definition) is 0. The highest BCUT2D eigenvalue weighted by Gasteiger charge is 2.15. The lowest BCUT2D eigenvalue weighted by atomic mass is 10.1. The summed E-state index contributed by atoms with van der Waals surface area (Å²) in [5, 5.41) is 6.05. The summed E-state index contributed by atoms with van der Waals surface area (Å²) in [4.78, 5) is 21.3. The van der Waals surface area contributed by atoms with E-state index in [4.69, 9.17) is 0 Å². The number of hydrogen-bond acceptors (Lipinski definition) is 5. The fourth-order valence-corrected chi connectivity index (χ4v) is 4.06. The molecule has 0 N–H and O–H groups in total. The molecule has 27 heavy (non-hydrogen) atoms. The average molecular weight is 439 g/mol. The highest BCUT2D eigenvalue weighted by Crippen LogP contribution is 2.27. The standard InChI is InChI=1S/C20H15BrN4OS/c1-13-6-8-14(9-7-13)25-19-16(10-24-25)20(23-12-22-19)27-11-18(26)15-4-2-3-5-17(15)21/h2-10,12H,11H2,1H3. The van der Waals surface area contributed by atoms with Crippen LogP contribution < -0.4 is 0 Å². The summed E-state index contributed by atoms with van der Waals surface area (Å²) in [7, 11) is 0. The van der Waals surface area contributed by atoms with Gasteiger partial charge < -0.3 is 0 Å². The molecule has 0 fully saturated rings. The molecule has 0 atom stereocenters. The van der Waals surface area contributed by atoms with Gasteiger partial charge in [-0.3, -0.25) is 4.79 Å². The first-order chi connectivity index (χ1) is 13.1. The van der Waals surface area contributed by atoms with Crippen LogP contribution in [0.25, 0.3) is 16.7 Å². The third-order valence-electron chi connectivity index (χ3n) is 4.12. The van der Waals surface area contributed by atoms with Gasteiger partial charge >= 0.3 is 0 Å². The first-order valence-corrected chi connectivity index (χ1v) is 10.1. The Balaban J connectivity index is 1.61. The van der Waals surface area contributed by atoms with E-state index in [0.29, 0.717) is 11.3 Å². The van der Waals surface area contributed by atoms with Gasteiger partial charge in [0.25, 0.3) is 0 Å². The second-order valence-electron chi connectivity index (χ2n) is 6.00. The molecule has 0 aliphatic carbocycles. The molecule has 134 valence electrons. The third-order valence-corrected chi connectivity index (χ3v) is 5.82. The molecule has 0 aliphatic rings. The molecule has 7 heteroatoms. The van der Waals surface area contributed by atoms with Gasteiger partial charge in [0.2, 0.25) is 0 Å². The lowest BCUT2D eigenvalue weighted by Gasteiger charge is -2.05. The number of thioether (sulfide) groups is 1. The Morgan fingerprint density at radius 2 is 1.89 bits per heavy atom. The number of benzene rings is 2. The van der Waals surface area contributed by atoms with Gasteiger partial charge in [-0.25, -0.2) is 14.6 Å². The zero-order valence-corrected chi connectivity index (χ0v) is 16.9. The van der Waals surface area contributed by atoms with Crippen molar-refractivity contribution in [3.8, 4) is 5.69 Å². The number of nitrogens with zero attached hydrogens (tertiary/aromatic N) is 4. The fraction of sp³-hybridized carbons (Fsp3) is 0.100. The van der Waals surface area contributed by atoms with E-state index in [-0.39, 0.29) is 5.78 Å². The van der Waals surface area contributed by atoms with Gasteiger partial charge in [0.15, 0.2) is 11.4 Å². The van der Waals surface area contributed by atoms with Crippen molar-refractivity contribution in [2.75, 3.05) is 5.75 Å². The van der Waals surface area contributed by atoms with Crippen LogP contribution in [0.5, 0.6) is 0 Å². The van der Waals surface area contributed by atoms with E-state index in [1.54, 1.807) is 10.9 Å². The highest BCUT2D eigenvalue weighted by atomic mass is 79.9. The minimum absolute atomic E-state index is 0.0464. The minimum atomic E-state index is 0.0464. The molecule has 5 nitrogen and oxygen atoms in total. The van der Waals surface area contributed by atoms with Crippen LogP contribution in [0, 0.1) is 6.92 Å². The van der Waals surface area contributed by atoms with Crippen molar-refractivity contribution in [1.29, 1.82) is 0 Å². The van der Waals surface area contributed by atoms with Gasteiger partial charge in [-0.15, -0.1) is 0 Å². The van der Waals surface area contributed by atoms with Crippen LogP contribution in [0.3, 0.4) is 0 Å². The Kier molecular flexibility index (Phi) is 5.05. The fourth-order valence-electron chi connectivity index (χ4n) is 2.71. The van der Waals surface area contributed by atoms with E-state index in [9.17, 15) is 4.79 Å². The van der Waals surface area contributed by atoms with Crippen LogP contribution in [0.1, 0.15) is 15.9 Å². The molecule has 4 rings (SSSR count). The van der Waals surface area contributed by atoms with E-state index >= 15 is 0 Å². The Morgan fingerprint density at radius 3 is 2.67 bits per heavy atom. The molecule has 0 saturated heterocycles. The summed E-state index contributed by atoms with van der Waals surface area (Å²) < 4.78 is 2.59. The van der Waals surface area contributed by atoms with Crippen molar-refractivity contribution in [3.05, 3.63) is 76.7 Å². The number of ketones is 1. The van der Waals surface area contributed by atoms with Crippen molar-refractivity contribution in [3.63, 3.8) is 0 Å². The second-order valence-corrected chi connectivity index (χ2v) is 7.82. The molecule has 2 aromatic carbocycles. The first kappa shape index (κ1) is 17.9. The lowest BCUT2D eigenvalue weighted by Crippen LogP contribution is -2.04. The Bertz CT molecular complexity index is 1120. The van der Waals surface area contributed by atoms with Gasteiger partial charge in [-0.1, -0.05) is 63.6 Å². The van der Waals surface area contributed by atoms with Gasteiger partial charge in [0.1, 0.15) is 11.4 Å². The summed E-state index contributed by atoms with van der Waals surface area (Å²) >= 11 is 4.83. The highest BCUT2D eigenvalue weighted by molar-refractivity contribution is 9.10. The molecular weight excluding hydrogens is 424 g/mol. The maximum Gasteiger partial charge on any atom is 0.174 e. The number of carbonyl (C=O) groups excluding carboxylic acids is 1. The maximum atomic E-state index is 12.5. The molecule has 0 aliphatic heterocycles. The van der Waals surface area contributed by atoms with Crippen LogP contribution in [0.15, 0.2) is 70.6 Å². The van der Waals surface area contributed by atoms with Crippen molar-refractivity contribution >= 4 is 44.5 Å². The van der Waals surface area contributed by atoms with E-state index in [0.717, 1.165) is 26.2 Å². The maximum absolute atomic E-state index is 12.5. The molecule has 0 bridgehead atoms. The monoisotopic (exact) mass is 438 g/mol. The number of carbonyl (C=O) groups is 1. The molecule has 0 unspecified atom stereocenters. The van der Waals surface area contributed by atoms with Crippen molar-refractivity contribution in [2.24, 2.45) is 0 Å². The predicted molar refractivity (Wildman–Crippen MR) is 111 cm³/mol. The molecule has 0 spiro atoms. The van der Waals surface area contributed by atoms with Crippen molar-refractivity contribution in [2.45, 2.75) is 11.9 Å². The third kappa shape index (κ3) is 3.65. The molecule has 0 radical (unpaired) electrons. The van der Waals surface area contributed by atoms with E-state index in [1.165, 1.54) is 23.7 Å². The van der Waals surface area contributed by atoms with Gasteiger partial charge in [-0.2, -0.15) is 5.10 Å². The predicted octanol–water partition coefficient (Wildman–Crippen LogP) is 4.86. The Labute approximate surface area is 169 Å². The Hall–Kier alpha value is -2.51. The van der Waals surface area contributed by atoms with E-state index in [1.807, 2.05) is 55.5 Å². The molecule has 0 saturated carbocycles. The zero-order valence-electron chi connectivity index (χ0n) is 14.5. The van der Waals surface area contributed by atoms with Crippen LogP contribution in [-0.2, 0) is 0 Å². The summed E-state index contributed by atoms with van der Waals surface area (Å²) in [5.74, 6) is 0.343. The number of aryl methyl sites for hydroxylation is 1. The second kappa shape index (κ2) is 7.62. The van der Waals surface area contributed by atoms with Gasteiger partial charge in [-0.05, 0) is 25.1 Å². The summed E-state index contributed by atoms with van der Waals surface area (Å²) in [6.45, 7) is 2.05. The minimum Gasteiger partial charge on any atom is -0.293 e. The SMILES string of the molecule is Cc1ccc(-n2ncc3c(SCC(=O)c4ccccc4Br)ncnc32)cc1. The van der Waals surface area contributed by atoms with Crippen molar-refractivity contribution in [1.82, 2.24) is 19.7 Å². The number of fused-ring (bicyclic) bond motifs is 1. The van der Waals surface area contributed by atoms with E-state index in [2.05, 4.69) is 31.0 Å². The number of rotatable bonds is 5. The molecule has 0 amide bonds. The van der Waals surface area contributed by atoms with Gasteiger partial charge in [0, 0.05) is 10.0 Å². The van der Waals surface area contributed by atoms with Gasteiger partial charge in [0.05, 0.1) is 23.0 Å². The number of aromatic nitrogens is 4. The molecule has 2 heterocycles. The summed E-state index contributed by atoms with van der Waals surface area (Å²) in [6.07, 6.45) is 3.26. The smallest absolute Gasteiger partial charge is 0.174 e. The van der Waals surface area contributed by atoms with E-state index < -0.39 is 0 Å². The van der Waals surface area contributed by atoms with Crippen molar-refractivity contribution < 1.29 is 4.79 Å². The largest absolute Gasteiger partial charge is 0.293 e. The lowest BCUT2D eigenvalue weighted by molar-refractivity contribution is 0.102. The van der Waals surface area contributed by atoms with Crippen LogP contribution >= 0.6 is 27.7 Å². The first-order valence-electron chi connectivity index (χ1n) is 8.30. The van der Waals surface area contributed by atoms with Crippen LogP contribution in [-0.4, -0.2) is 31.3 Å². The normalized spacial score (nSPS) is 11.0. The summed E-state index contributed by atoms with van der Waals surface area (Å²) in [6, 6.07) is 15.5. The quantitative estimate of drug-likeness (QED) is 0.253. The van der Waals surface area contributed by atoms with Crippen LogP contribution in [0.2, 0.25) is 0 Å². The number of Topliss-reactive ketones (excluding diaryl/α,β-unsaturated/α-hetero) is 1. The molecule has 2 aromatic heterocycles. The Morgan fingerprint density at radius 1 is 1.11 bits per heavy atom.